The second-order valence-electron chi connectivity index (χ2n) is 2.91. The monoisotopic (exact) mass is 278 g/mol. The van der Waals surface area contributed by atoms with Crippen LogP contribution in [-0.4, -0.2) is 16.4 Å². The average Bonchev–Trinajstić information content (AvgIpc) is 2.24. The van der Waals surface area contributed by atoms with E-state index in [0.717, 1.165) is 5.56 Å². The molecule has 0 aliphatic carbocycles. The zero-order valence-corrected chi connectivity index (χ0v) is 10.5. The first kappa shape index (κ1) is 13.4. The molecular weight excluding hydrogens is 270 g/mol. The van der Waals surface area contributed by atoms with E-state index in [0.29, 0.717) is 0 Å². The smallest absolute Gasteiger partial charge is 0.358 e. The Morgan fingerprint density at radius 1 is 1.25 bits per heavy atom. The fraction of sp³-hybridized carbons (Fsp3) is 0.182. The lowest BCUT2D eigenvalue weighted by Gasteiger charge is -2.08. The number of carbonyl (C=O) groups is 1. The molecule has 0 aliphatic heterocycles. The summed E-state index contributed by atoms with van der Waals surface area (Å²) in [6.07, 6.45) is 3.48. The minimum absolute atomic E-state index is 0.0711. The summed E-state index contributed by atoms with van der Waals surface area (Å²) in [5.41, 5.74) is 1.01. The number of rotatable bonds is 3. The summed E-state index contributed by atoms with van der Waals surface area (Å²) in [5, 5.41) is 0. The number of halogens is 3. The lowest BCUT2D eigenvalue weighted by atomic mass is 10.2. The minimum Gasteiger partial charge on any atom is -0.458 e. The maximum atomic E-state index is 11.0. The van der Waals surface area contributed by atoms with E-state index in [4.69, 9.17) is 39.5 Å². The molecular formula is C11H9Cl3O2. The third-order valence-electron chi connectivity index (χ3n) is 1.65. The van der Waals surface area contributed by atoms with Gasteiger partial charge in [-0.1, -0.05) is 71.2 Å². The molecule has 0 saturated carbocycles. The Hall–Kier alpha value is -0.700. The van der Waals surface area contributed by atoms with E-state index in [1.807, 2.05) is 36.4 Å². The second-order valence-corrected chi connectivity index (χ2v) is 5.19. The second kappa shape index (κ2) is 6.14. The Morgan fingerprint density at radius 2 is 1.88 bits per heavy atom. The molecule has 0 atom stereocenters. The van der Waals surface area contributed by atoms with E-state index >= 15 is 0 Å². The van der Waals surface area contributed by atoms with Crippen molar-refractivity contribution in [2.45, 2.75) is 3.79 Å². The van der Waals surface area contributed by atoms with Gasteiger partial charge in [0.1, 0.15) is 6.61 Å². The zero-order valence-electron chi connectivity index (χ0n) is 8.20. The maximum absolute atomic E-state index is 11.0. The average molecular weight is 280 g/mol. The Morgan fingerprint density at radius 3 is 2.44 bits per heavy atom. The van der Waals surface area contributed by atoms with Gasteiger partial charge in [0.25, 0.3) is 3.79 Å². The van der Waals surface area contributed by atoms with Gasteiger partial charge < -0.3 is 4.74 Å². The standard InChI is InChI=1S/C11H9Cl3O2/c12-11(13,14)10(15)16-8-4-7-9-5-2-1-3-6-9/h1-7H,8H2/b7-4-. The predicted molar refractivity (Wildman–Crippen MR) is 66.7 cm³/mol. The Balaban J connectivity index is 2.37. The molecule has 0 amide bonds. The van der Waals surface area contributed by atoms with Gasteiger partial charge in [0.2, 0.25) is 0 Å². The lowest BCUT2D eigenvalue weighted by Crippen LogP contribution is -2.21. The van der Waals surface area contributed by atoms with E-state index in [-0.39, 0.29) is 6.61 Å². The van der Waals surface area contributed by atoms with Gasteiger partial charge in [-0.15, -0.1) is 0 Å². The van der Waals surface area contributed by atoms with E-state index in [9.17, 15) is 4.79 Å². The molecule has 86 valence electrons. The van der Waals surface area contributed by atoms with Crippen molar-refractivity contribution in [3.05, 3.63) is 42.0 Å². The highest BCUT2D eigenvalue weighted by Crippen LogP contribution is 2.27. The molecule has 5 heteroatoms. The molecule has 1 aromatic carbocycles. The van der Waals surface area contributed by atoms with Gasteiger partial charge in [0.15, 0.2) is 0 Å². The van der Waals surface area contributed by atoms with Crippen molar-refractivity contribution in [2.75, 3.05) is 6.61 Å². The molecule has 0 spiro atoms. The Labute approximate surface area is 109 Å². The van der Waals surface area contributed by atoms with E-state index < -0.39 is 9.76 Å². The van der Waals surface area contributed by atoms with Gasteiger partial charge in [0, 0.05) is 0 Å². The van der Waals surface area contributed by atoms with Gasteiger partial charge in [-0.25, -0.2) is 4.79 Å². The zero-order chi connectivity index (χ0) is 12.0. The van der Waals surface area contributed by atoms with Crippen molar-refractivity contribution in [1.82, 2.24) is 0 Å². The number of ether oxygens (including phenoxy) is 1. The molecule has 1 rings (SSSR count). The third-order valence-corrected chi connectivity index (χ3v) is 2.11. The van der Waals surface area contributed by atoms with Crippen LogP contribution in [0.25, 0.3) is 6.08 Å². The van der Waals surface area contributed by atoms with Crippen molar-refractivity contribution >= 4 is 46.8 Å². The Bertz CT molecular complexity index is 369. The summed E-state index contributed by atoms with van der Waals surface area (Å²) in [6.45, 7) is 0.0711. The molecule has 0 saturated heterocycles. The summed E-state index contributed by atoms with van der Waals surface area (Å²) in [6, 6.07) is 9.58. The van der Waals surface area contributed by atoms with Crippen molar-refractivity contribution < 1.29 is 9.53 Å². The number of hydrogen-bond donors (Lipinski definition) is 0. The Kier molecular flexibility index (Phi) is 5.13. The molecule has 2 nitrogen and oxygen atoms in total. The summed E-state index contributed by atoms with van der Waals surface area (Å²) in [4.78, 5) is 11.0. The number of hydrogen-bond acceptors (Lipinski definition) is 2. The number of benzene rings is 1. The highest BCUT2D eigenvalue weighted by Gasteiger charge is 2.32. The summed E-state index contributed by atoms with van der Waals surface area (Å²) < 4.78 is 2.69. The normalized spacial score (nSPS) is 11.7. The van der Waals surface area contributed by atoms with Crippen LogP contribution >= 0.6 is 34.8 Å². The van der Waals surface area contributed by atoms with Gasteiger partial charge in [-0.2, -0.15) is 0 Å². The van der Waals surface area contributed by atoms with E-state index in [2.05, 4.69) is 0 Å². The molecule has 0 N–H and O–H groups in total. The van der Waals surface area contributed by atoms with E-state index in [1.165, 1.54) is 0 Å². The molecule has 0 aliphatic rings. The van der Waals surface area contributed by atoms with Crippen LogP contribution in [0.5, 0.6) is 0 Å². The first-order chi connectivity index (χ1) is 7.50. The van der Waals surface area contributed by atoms with Crippen LogP contribution in [0.3, 0.4) is 0 Å². The fourth-order valence-electron chi connectivity index (χ4n) is 0.954. The first-order valence-electron chi connectivity index (χ1n) is 4.45. The van der Waals surface area contributed by atoms with Gasteiger partial charge in [0.05, 0.1) is 0 Å². The third kappa shape index (κ3) is 4.88. The van der Waals surface area contributed by atoms with Gasteiger partial charge in [-0.3, -0.25) is 0 Å². The molecule has 0 heterocycles. The quantitative estimate of drug-likeness (QED) is 0.624. The number of esters is 1. The highest BCUT2D eigenvalue weighted by atomic mass is 35.6. The number of carbonyl (C=O) groups excluding carboxylic acids is 1. The largest absolute Gasteiger partial charge is 0.458 e. The van der Waals surface area contributed by atoms with Crippen molar-refractivity contribution in [2.24, 2.45) is 0 Å². The van der Waals surface area contributed by atoms with Gasteiger partial charge >= 0.3 is 5.97 Å². The lowest BCUT2D eigenvalue weighted by molar-refractivity contribution is -0.141. The van der Waals surface area contributed by atoms with Gasteiger partial charge in [-0.05, 0) is 11.6 Å². The molecule has 16 heavy (non-hydrogen) atoms. The molecule has 0 fully saturated rings. The summed E-state index contributed by atoms with van der Waals surface area (Å²) >= 11 is 15.9. The van der Waals surface area contributed by atoms with Crippen molar-refractivity contribution in [3.8, 4) is 0 Å². The summed E-state index contributed by atoms with van der Waals surface area (Å²) in [7, 11) is 0. The SMILES string of the molecule is O=C(OC/C=C\c1ccccc1)C(Cl)(Cl)Cl. The van der Waals surface area contributed by atoms with Crippen LogP contribution in [0.2, 0.25) is 0 Å². The predicted octanol–water partition coefficient (Wildman–Crippen LogP) is 3.61. The molecule has 0 bridgehead atoms. The summed E-state index contributed by atoms with van der Waals surface area (Å²) in [5.74, 6) is -0.879. The van der Waals surface area contributed by atoms with Crippen LogP contribution in [0.1, 0.15) is 5.56 Å². The fourth-order valence-corrected chi connectivity index (χ4v) is 1.12. The van der Waals surface area contributed by atoms with Crippen LogP contribution in [-0.2, 0) is 9.53 Å². The van der Waals surface area contributed by atoms with Crippen LogP contribution in [0, 0.1) is 0 Å². The first-order valence-corrected chi connectivity index (χ1v) is 5.59. The molecule has 1 aromatic rings. The molecule has 0 aromatic heterocycles. The number of alkyl halides is 3. The maximum Gasteiger partial charge on any atom is 0.358 e. The molecule has 0 unspecified atom stereocenters. The minimum atomic E-state index is -2.01. The van der Waals surface area contributed by atoms with Crippen LogP contribution < -0.4 is 0 Å². The molecule has 0 radical (unpaired) electrons. The van der Waals surface area contributed by atoms with E-state index in [1.54, 1.807) is 6.08 Å². The topological polar surface area (TPSA) is 26.3 Å². The highest BCUT2D eigenvalue weighted by molar-refractivity contribution is 6.75. The van der Waals surface area contributed by atoms with Crippen molar-refractivity contribution in [3.63, 3.8) is 0 Å². The van der Waals surface area contributed by atoms with Crippen LogP contribution in [0.4, 0.5) is 0 Å². The van der Waals surface area contributed by atoms with Crippen molar-refractivity contribution in [1.29, 1.82) is 0 Å². The van der Waals surface area contributed by atoms with Crippen LogP contribution in [0.15, 0.2) is 36.4 Å².